The van der Waals surface area contributed by atoms with E-state index in [-0.39, 0.29) is 0 Å². The summed E-state index contributed by atoms with van der Waals surface area (Å²) in [6, 6.07) is 0. The number of carbonyl (C=O) groups is 1. The summed E-state index contributed by atoms with van der Waals surface area (Å²) in [5.74, 6) is -0.435. The fraction of sp³-hybridized carbons (Fsp3) is 0.500. The van der Waals surface area contributed by atoms with E-state index in [1.807, 2.05) is 0 Å². The second-order valence-corrected chi connectivity index (χ2v) is 3.17. The Hall–Kier alpha value is -0.680. The van der Waals surface area contributed by atoms with Gasteiger partial charge in [0, 0.05) is 6.20 Å². The van der Waals surface area contributed by atoms with Crippen molar-refractivity contribution in [2.45, 2.75) is 11.9 Å². The molecule has 0 saturated heterocycles. The first kappa shape index (κ1) is 8.42. The van der Waals surface area contributed by atoms with Crippen molar-refractivity contribution in [1.29, 1.82) is 0 Å². The van der Waals surface area contributed by atoms with Crippen molar-refractivity contribution in [2.24, 2.45) is 5.73 Å². The van der Waals surface area contributed by atoms with E-state index in [9.17, 15) is 4.79 Å². The van der Waals surface area contributed by atoms with E-state index in [0.29, 0.717) is 6.61 Å². The molecule has 11 heavy (non-hydrogen) atoms. The first-order valence-electron chi connectivity index (χ1n) is 3.25. The molecule has 1 aliphatic rings. The van der Waals surface area contributed by atoms with Crippen LogP contribution in [0, 0.1) is 0 Å². The lowest BCUT2D eigenvalue weighted by Gasteiger charge is -2.20. The van der Waals surface area contributed by atoms with Gasteiger partial charge < -0.3 is 10.1 Å². The minimum Gasteiger partial charge on any atom is -0.463 e. The molecule has 0 radical (unpaired) electrons. The Morgan fingerprint density at radius 3 is 3.09 bits per heavy atom. The molecule has 4 nitrogen and oxygen atoms in total. The topological polar surface area (TPSA) is 64.3 Å². The van der Waals surface area contributed by atoms with Crippen molar-refractivity contribution in [3.8, 4) is 0 Å². The molecule has 1 heterocycles. The molecule has 0 saturated carbocycles. The van der Waals surface area contributed by atoms with Crippen LogP contribution < -0.4 is 11.1 Å². The number of hydrogen-bond donors (Lipinski definition) is 2. The van der Waals surface area contributed by atoms with Crippen molar-refractivity contribution < 1.29 is 9.53 Å². The fourth-order valence-electron chi connectivity index (χ4n) is 0.679. The lowest BCUT2D eigenvalue weighted by molar-refractivity contribution is -0.146. The Balaban J connectivity index is 2.51. The average Bonchev–Trinajstić information content (AvgIpc) is 2.38. The third kappa shape index (κ3) is 1.66. The molecule has 0 aliphatic carbocycles. The quantitative estimate of drug-likeness (QED) is 0.575. The normalized spacial score (nSPS) is 28.2. The molecule has 0 bridgehead atoms. The summed E-state index contributed by atoms with van der Waals surface area (Å²) in [5.41, 5.74) is 5.60. The molecule has 5 heteroatoms. The molecule has 3 N–H and O–H groups in total. The zero-order valence-corrected chi connectivity index (χ0v) is 6.98. The van der Waals surface area contributed by atoms with E-state index in [2.05, 4.69) is 5.32 Å². The maximum absolute atomic E-state index is 11.1. The first-order valence-corrected chi connectivity index (χ1v) is 4.13. The molecule has 1 unspecified atom stereocenters. The van der Waals surface area contributed by atoms with Crippen LogP contribution in [0.25, 0.3) is 0 Å². The molecule has 0 aromatic carbocycles. The number of nitrogens with two attached hydrogens (primary N) is 1. The first-order chi connectivity index (χ1) is 5.19. The van der Waals surface area contributed by atoms with Gasteiger partial charge in [-0.1, -0.05) is 11.8 Å². The summed E-state index contributed by atoms with van der Waals surface area (Å²) in [4.78, 5) is 10.00. The molecular formula is C6H10N2O2S. The van der Waals surface area contributed by atoms with Gasteiger partial charge in [0.05, 0.1) is 6.61 Å². The van der Waals surface area contributed by atoms with Gasteiger partial charge in [0.25, 0.3) is 0 Å². The molecule has 0 aromatic rings. The molecule has 0 amide bonds. The third-order valence-corrected chi connectivity index (χ3v) is 2.13. The summed E-state index contributed by atoms with van der Waals surface area (Å²) in [6.07, 6.45) is 1.63. The van der Waals surface area contributed by atoms with Crippen LogP contribution in [0.3, 0.4) is 0 Å². The van der Waals surface area contributed by atoms with Crippen LogP contribution in [-0.2, 0) is 9.53 Å². The number of carbonyl (C=O) groups excluding carboxylic acids is 1. The predicted molar refractivity (Wildman–Crippen MR) is 43.4 cm³/mol. The van der Waals surface area contributed by atoms with Gasteiger partial charge in [0.15, 0.2) is 0 Å². The molecule has 1 rings (SSSR count). The fourth-order valence-corrected chi connectivity index (χ4v) is 1.32. The summed E-state index contributed by atoms with van der Waals surface area (Å²) < 4.78 is 4.74. The van der Waals surface area contributed by atoms with Crippen molar-refractivity contribution in [3.05, 3.63) is 11.6 Å². The number of thioether (sulfide) groups is 1. The van der Waals surface area contributed by atoms with Gasteiger partial charge in [0.2, 0.25) is 4.99 Å². The Bertz CT molecular complexity index is 185. The van der Waals surface area contributed by atoms with Crippen LogP contribution in [0.15, 0.2) is 11.6 Å². The SMILES string of the molecule is CCOC(=O)C1(N)NC=CS1. The zero-order valence-electron chi connectivity index (χ0n) is 6.16. The van der Waals surface area contributed by atoms with Gasteiger partial charge in [-0.3, -0.25) is 5.73 Å². The number of esters is 1. The Kier molecular flexibility index (Phi) is 2.41. The average molecular weight is 174 g/mol. The third-order valence-electron chi connectivity index (χ3n) is 1.20. The zero-order chi connectivity index (χ0) is 8.32. The molecule has 62 valence electrons. The van der Waals surface area contributed by atoms with E-state index in [4.69, 9.17) is 10.5 Å². The highest BCUT2D eigenvalue weighted by molar-refractivity contribution is 8.04. The minimum atomic E-state index is -1.10. The van der Waals surface area contributed by atoms with E-state index in [0.717, 1.165) is 0 Å². The number of ether oxygens (including phenoxy) is 1. The second kappa shape index (κ2) is 3.15. The van der Waals surface area contributed by atoms with Gasteiger partial charge in [-0.05, 0) is 12.3 Å². The van der Waals surface area contributed by atoms with Crippen LogP contribution in [0.5, 0.6) is 0 Å². The van der Waals surface area contributed by atoms with Gasteiger partial charge in [-0.15, -0.1) is 0 Å². The monoisotopic (exact) mass is 174 g/mol. The largest absolute Gasteiger partial charge is 0.463 e. The van der Waals surface area contributed by atoms with Crippen LogP contribution in [-0.4, -0.2) is 17.6 Å². The Labute approximate surface area is 69.2 Å². The van der Waals surface area contributed by atoms with Crippen LogP contribution >= 0.6 is 11.8 Å². The van der Waals surface area contributed by atoms with Gasteiger partial charge in [0.1, 0.15) is 0 Å². The minimum absolute atomic E-state index is 0.347. The molecule has 0 spiro atoms. The van der Waals surface area contributed by atoms with Crippen LogP contribution in [0.1, 0.15) is 6.92 Å². The van der Waals surface area contributed by atoms with E-state index in [1.165, 1.54) is 11.8 Å². The Morgan fingerprint density at radius 2 is 2.64 bits per heavy atom. The summed E-state index contributed by atoms with van der Waals surface area (Å²) >= 11 is 1.20. The van der Waals surface area contributed by atoms with Crippen LogP contribution in [0.4, 0.5) is 0 Å². The van der Waals surface area contributed by atoms with E-state index in [1.54, 1.807) is 18.5 Å². The highest BCUT2D eigenvalue weighted by Crippen LogP contribution is 2.24. The van der Waals surface area contributed by atoms with Crippen LogP contribution in [0.2, 0.25) is 0 Å². The second-order valence-electron chi connectivity index (χ2n) is 2.02. The summed E-state index contributed by atoms with van der Waals surface area (Å²) in [7, 11) is 0. The maximum atomic E-state index is 11.1. The molecule has 1 atom stereocenters. The highest BCUT2D eigenvalue weighted by atomic mass is 32.2. The summed E-state index contributed by atoms with van der Waals surface area (Å²) in [5, 5.41) is 4.42. The van der Waals surface area contributed by atoms with Crippen molar-refractivity contribution in [1.82, 2.24) is 5.32 Å². The van der Waals surface area contributed by atoms with Crippen molar-refractivity contribution in [3.63, 3.8) is 0 Å². The smallest absolute Gasteiger partial charge is 0.358 e. The molecule has 1 aliphatic heterocycles. The number of nitrogens with one attached hydrogen (secondary N) is 1. The van der Waals surface area contributed by atoms with Gasteiger partial charge in [-0.25, -0.2) is 4.79 Å². The number of hydrogen-bond acceptors (Lipinski definition) is 5. The van der Waals surface area contributed by atoms with E-state index < -0.39 is 11.0 Å². The molecule has 0 aromatic heterocycles. The standard InChI is InChI=1S/C6H10N2O2S/c1-2-10-5(9)6(7)8-3-4-11-6/h3-4,8H,2,7H2,1H3. The number of rotatable bonds is 2. The van der Waals surface area contributed by atoms with Crippen molar-refractivity contribution in [2.75, 3.05) is 6.61 Å². The lowest BCUT2D eigenvalue weighted by atomic mass is 10.5. The Morgan fingerprint density at radius 1 is 1.91 bits per heavy atom. The van der Waals surface area contributed by atoms with E-state index >= 15 is 0 Å². The van der Waals surface area contributed by atoms with Gasteiger partial charge in [-0.2, -0.15) is 0 Å². The highest BCUT2D eigenvalue weighted by Gasteiger charge is 2.37. The maximum Gasteiger partial charge on any atom is 0.358 e. The predicted octanol–water partition coefficient (Wildman–Crippen LogP) is -0.0304. The molecule has 0 fully saturated rings. The summed E-state index contributed by atoms with van der Waals surface area (Å²) in [6.45, 7) is 2.09. The lowest BCUT2D eigenvalue weighted by Crippen LogP contribution is -2.53. The molecular weight excluding hydrogens is 164 g/mol. The van der Waals surface area contributed by atoms with Gasteiger partial charge >= 0.3 is 5.97 Å². The van der Waals surface area contributed by atoms with Crippen molar-refractivity contribution >= 4 is 17.7 Å².